The molecule has 10 heteroatoms. The lowest BCUT2D eigenvalue weighted by Crippen LogP contribution is -2.64. The summed E-state index contributed by atoms with van der Waals surface area (Å²) in [7, 11) is 0. The molecule has 1 aromatic carbocycles. The third-order valence-corrected chi connectivity index (χ3v) is 3.48. The van der Waals surface area contributed by atoms with E-state index in [0.29, 0.717) is 0 Å². The van der Waals surface area contributed by atoms with E-state index in [1.54, 1.807) is 0 Å². The van der Waals surface area contributed by atoms with Crippen LogP contribution in [0.5, 0.6) is 0 Å². The van der Waals surface area contributed by atoms with Crippen LogP contribution >= 0.6 is 11.6 Å². The molecule has 2 rings (SSSR count). The largest absolute Gasteiger partial charge is 0.458 e. The summed E-state index contributed by atoms with van der Waals surface area (Å²) in [5.41, 5.74) is -4.37. The fourth-order valence-corrected chi connectivity index (χ4v) is 2.34. The van der Waals surface area contributed by atoms with Gasteiger partial charge in [0.2, 0.25) is 5.72 Å². The number of carbonyl (C=O) groups is 1. The molecule has 0 spiro atoms. The Bertz CT molecular complexity index is 677. The highest BCUT2D eigenvalue weighted by atomic mass is 35.5. The van der Waals surface area contributed by atoms with Crippen molar-refractivity contribution in [3.8, 4) is 0 Å². The number of amides is 1. The zero-order chi connectivity index (χ0) is 17.6. The lowest BCUT2D eigenvalue weighted by molar-refractivity contribution is -0.362. The number of alkyl halides is 5. The lowest BCUT2D eigenvalue weighted by Gasteiger charge is -2.38. The van der Waals surface area contributed by atoms with Crippen LogP contribution in [0.1, 0.15) is 23.7 Å². The Morgan fingerprint density at radius 1 is 1.35 bits per heavy atom. The Balaban J connectivity index is 2.49. The molecule has 1 aliphatic rings. The summed E-state index contributed by atoms with van der Waals surface area (Å²) in [6.45, 7) is 1.13. The highest BCUT2D eigenvalue weighted by molar-refractivity contribution is 6.31. The molecule has 0 bridgehead atoms. The molecule has 0 saturated heterocycles. The van der Waals surface area contributed by atoms with Crippen LogP contribution in [0.3, 0.4) is 0 Å². The predicted molar refractivity (Wildman–Crippen MR) is 71.3 cm³/mol. The number of aliphatic hydroxyl groups is 1. The summed E-state index contributed by atoms with van der Waals surface area (Å²) in [5.74, 6) is -6.90. The minimum atomic E-state index is -6.06. The van der Waals surface area contributed by atoms with Crippen LogP contribution in [0.25, 0.3) is 0 Å². The van der Waals surface area contributed by atoms with E-state index >= 15 is 0 Å². The van der Waals surface area contributed by atoms with Crippen molar-refractivity contribution < 1.29 is 31.9 Å². The van der Waals surface area contributed by atoms with Gasteiger partial charge in [-0.15, -0.1) is 0 Å². The number of nitrogens with zero attached hydrogens (tertiary/aromatic N) is 2. The van der Waals surface area contributed by atoms with E-state index in [2.05, 4.69) is 5.10 Å². The third kappa shape index (κ3) is 2.78. The number of hydrogen-bond acceptors (Lipinski definition) is 3. The van der Waals surface area contributed by atoms with Crippen molar-refractivity contribution in [2.45, 2.75) is 31.2 Å². The average molecular weight is 357 g/mol. The fraction of sp³-hybridized carbons (Fsp3) is 0.385. The molecule has 0 aromatic heterocycles. The first kappa shape index (κ1) is 17.6. The smallest absolute Gasteiger partial charge is 0.364 e. The summed E-state index contributed by atoms with van der Waals surface area (Å²) in [6.07, 6.45) is -7.19. The number of hydrazone groups is 1. The SMILES string of the molecule is CC1=NN(C(=O)c2cccc(Cl)c2)[C@](O)(C(F)(F)C(F)(F)F)C1. The third-order valence-electron chi connectivity index (χ3n) is 3.25. The van der Waals surface area contributed by atoms with E-state index in [1.165, 1.54) is 12.1 Å². The van der Waals surface area contributed by atoms with E-state index in [1.807, 2.05) is 0 Å². The number of benzene rings is 1. The second-order valence-corrected chi connectivity index (χ2v) is 5.46. The summed E-state index contributed by atoms with van der Waals surface area (Å²) in [4.78, 5) is 12.2. The van der Waals surface area contributed by atoms with Gasteiger partial charge in [0.05, 0.1) is 0 Å². The zero-order valence-corrected chi connectivity index (χ0v) is 12.3. The molecule has 0 aliphatic carbocycles. The van der Waals surface area contributed by atoms with Crippen molar-refractivity contribution in [2.24, 2.45) is 5.10 Å². The van der Waals surface area contributed by atoms with E-state index in [-0.39, 0.29) is 21.3 Å². The maximum Gasteiger partial charge on any atom is 0.458 e. The number of halogens is 6. The minimum Gasteiger partial charge on any atom is -0.364 e. The van der Waals surface area contributed by atoms with Crippen LogP contribution in [0.15, 0.2) is 29.4 Å². The lowest BCUT2D eigenvalue weighted by atomic mass is 9.98. The Hall–Kier alpha value is -1.74. The van der Waals surface area contributed by atoms with Crippen molar-refractivity contribution in [1.29, 1.82) is 0 Å². The molecule has 0 fully saturated rings. The van der Waals surface area contributed by atoms with Crippen molar-refractivity contribution >= 4 is 23.2 Å². The number of hydrogen-bond donors (Lipinski definition) is 1. The molecule has 4 nitrogen and oxygen atoms in total. The van der Waals surface area contributed by atoms with Crippen molar-refractivity contribution in [2.75, 3.05) is 0 Å². The molecule has 1 heterocycles. The van der Waals surface area contributed by atoms with Crippen LogP contribution < -0.4 is 0 Å². The molecule has 1 amide bonds. The quantitative estimate of drug-likeness (QED) is 0.825. The van der Waals surface area contributed by atoms with Crippen LogP contribution in [0.4, 0.5) is 22.0 Å². The van der Waals surface area contributed by atoms with Gasteiger partial charge in [-0.1, -0.05) is 17.7 Å². The van der Waals surface area contributed by atoms with Crippen LogP contribution in [0.2, 0.25) is 5.02 Å². The van der Waals surface area contributed by atoms with Crippen LogP contribution in [-0.4, -0.2) is 39.6 Å². The van der Waals surface area contributed by atoms with Gasteiger partial charge in [0, 0.05) is 22.7 Å². The topological polar surface area (TPSA) is 52.9 Å². The van der Waals surface area contributed by atoms with Gasteiger partial charge < -0.3 is 5.11 Å². The molecule has 0 radical (unpaired) electrons. The maximum absolute atomic E-state index is 13.7. The maximum atomic E-state index is 13.7. The monoisotopic (exact) mass is 356 g/mol. The second-order valence-electron chi connectivity index (χ2n) is 5.03. The molecule has 23 heavy (non-hydrogen) atoms. The van der Waals surface area contributed by atoms with Gasteiger partial charge in [-0.05, 0) is 25.1 Å². The first-order valence-corrected chi connectivity index (χ1v) is 6.59. The highest BCUT2D eigenvalue weighted by Gasteiger charge is 2.74. The number of carbonyl (C=O) groups excluding carboxylic acids is 1. The molecular formula is C13H10ClF5N2O2. The van der Waals surface area contributed by atoms with E-state index < -0.39 is 30.2 Å². The predicted octanol–water partition coefficient (Wildman–Crippen LogP) is 3.45. The second kappa shape index (κ2) is 5.41. The van der Waals surface area contributed by atoms with E-state index in [0.717, 1.165) is 19.1 Å². The van der Waals surface area contributed by atoms with Gasteiger partial charge in [0.1, 0.15) is 0 Å². The first-order chi connectivity index (χ1) is 10.4. The summed E-state index contributed by atoms with van der Waals surface area (Å²) < 4.78 is 65.4. The standard InChI is InChI=1S/C13H10ClF5N2O2/c1-7-6-11(23,12(15,16)13(17,18)19)21(20-7)10(22)8-3-2-4-9(14)5-8/h2-5,23H,6H2,1H3/t11-/m1/s1. The van der Waals surface area contributed by atoms with Crippen molar-refractivity contribution in [1.82, 2.24) is 5.01 Å². The molecule has 0 saturated carbocycles. The Kier molecular flexibility index (Phi) is 4.15. The molecule has 0 unspecified atom stereocenters. The first-order valence-electron chi connectivity index (χ1n) is 6.21. The van der Waals surface area contributed by atoms with Crippen LogP contribution in [0, 0.1) is 0 Å². The van der Waals surface area contributed by atoms with E-state index in [9.17, 15) is 31.9 Å². The molecule has 1 atom stereocenters. The van der Waals surface area contributed by atoms with Gasteiger partial charge in [0.25, 0.3) is 5.91 Å². The van der Waals surface area contributed by atoms with Gasteiger partial charge in [-0.25, -0.2) is 0 Å². The molecule has 1 aliphatic heterocycles. The summed E-state index contributed by atoms with van der Waals surface area (Å²) in [6, 6.07) is 4.92. The van der Waals surface area contributed by atoms with Gasteiger partial charge in [0.15, 0.2) is 0 Å². The fourth-order valence-electron chi connectivity index (χ4n) is 2.15. The van der Waals surface area contributed by atoms with E-state index in [4.69, 9.17) is 11.6 Å². The molecule has 1 N–H and O–H groups in total. The Morgan fingerprint density at radius 2 is 1.96 bits per heavy atom. The summed E-state index contributed by atoms with van der Waals surface area (Å²) >= 11 is 5.66. The summed E-state index contributed by atoms with van der Waals surface area (Å²) in [5, 5.41) is 13.2. The molecule has 126 valence electrons. The minimum absolute atomic E-state index is 0.0712. The van der Waals surface area contributed by atoms with Gasteiger partial charge >= 0.3 is 12.1 Å². The number of rotatable bonds is 2. The van der Waals surface area contributed by atoms with Crippen molar-refractivity contribution in [3.63, 3.8) is 0 Å². The normalized spacial score (nSPS) is 22.3. The Morgan fingerprint density at radius 3 is 2.48 bits per heavy atom. The molecule has 1 aromatic rings. The molecular weight excluding hydrogens is 347 g/mol. The average Bonchev–Trinajstić information content (AvgIpc) is 2.73. The van der Waals surface area contributed by atoms with Gasteiger partial charge in [-0.3, -0.25) is 4.79 Å². The van der Waals surface area contributed by atoms with Crippen LogP contribution in [-0.2, 0) is 0 Å². The van der Waals surface area contributed by atoms with Gasteiger partial charge in [-0.2, -0.15) is 32.1 Å². The zero-order valence-electron chi connectivity index (χ0n) is 11.5. The Labute approximate surface area is 132 Å². The van der Waals surface area contributed by atoms with Crippen molar-refractivity contribution in [3.05, 3.63) is 34.9 Å². The highest BCUT2D eigenvalue weighted by Crippen LogP contribution is 2.49.